The molecule has 0 spiro atoms. The molecule has 0 amide bonds. The highest BCUT2D eigenvalue weighted by molar-refractivity contribution is 6.62. The molecule has 1 aromatic carbocycles. The van der Waals surface area contributed by atoms with Crippen LogP contribution in [0.2, 0.25) is 0 Å². The Morgan fingerprint density at radius 1 is 1.20 bits per heavy atom. The van der Waals surface area contributed by atoms with Gasteiger partial charge in [-0.1, -0.05) is 0 Å². The van der Waals surface area contributed by atoms with E-state index >= 15 is 0 Å². The van der Waals surface area contributed by atoms with Crippen LogP contribution < -0.4 is 5.46 Å². The Kier molecular flexibility index (Phi) is 3.43. The van der Waals surface area contributed by atoms with Gasteiger partial charge >= 0.3 is 13.1 Å². The molecule has 1 N–H and O–H groups in total. The highest BCUT2D eigenvalue weighted by Crippen LogP contribution is 2.36. The average Bonchev–Trinajstić information content (AvgIpc) is 2.51. The van der Waals surface area contributed by atoms with E-state index in [4.69, 9.17) is 14.4 Å². The average molecular weight is 280 g/mol. The van der Waals surface area contributed by atoms with E-state index < -0.39 is 30.1 Å². The number of hydrogen-bond donors (Lipinski definition) is 1. The Morgan fingerprint density at radius 3 is 2.15 bits per heavy atom. The zero-order chi connectivity index (χ0) is 15.3. The van der Waals surface area contributed by atoms with E-state index in [2.05, 4.69) is 0 Å². The van der Waals surface area contributed by atoms with Crippen LogP contribution in [0.25, 0.3) is 0 Å². The topological polar surface area (TPSA) is 55.8 Å². The summed E-state index contributed by atoms with van der Waals surface area (Å²) in [5, 5.41) is 9.07. The van der Waals surface area contributed by atoms with Gasteiger partial charge < -0.3 is 14.4 Å². The minimum Gasteiger partial charge on any atom is -0.478 e. The molecule has 1 aliphatic heterocycles. The maximum Gasteiger partial charge on any atom is 0.497 e. The van der Waals surface area contributed by atoms with Crippen molar-refractivity contribution in [1.29, 1.82) is 0 Å². The molecule has 1 heterocycles. The van der Waals surface area contributed by atoms with E-state index in [0.717, 1.165) is 0 Å². The van der Waals surface area contributed by atoms with Gasteiger partial charge in [-0.05, 0) is 52.3 Å². The van der Waals surface area contributed by atoms with Crippen molar-refractivity contribution in [3.8, 4) is 0 Å². The van der Waals surface area contributed by atoms with Gasteiger partial charge in [0.15, 0.2) is 0 Å². The lowest BCUT2D eigenvalue weighted by Crippen LogP contribution is -2.41. The summed E-state index contributed by atoms with van der Waals surface area (Å²) in [4.78, 5) is 11.1. The monoisotopic (exact) mass is 280 g/mol. The molecule has 0 atom stereocenters. The highest BCUT2D eigenvalue weighted by atomic mass is 19.1. The molecule has 6 heteroatoms. The van der Waals surface area contributed by atoms with Crippen LogP contribution in [0, 0.1) is 12.7 Å². The van der Waals surface area contributed by atoms with Crippen molar-refractivity contribution in [2.75, 3.05) is 0 Å². The van der Waals surface area contributed by atoms with Gasteiger partial charge in [0.2, 0.25) is 0 Å². The van der Waals surface area contributed by atoms with Crippen molar-refractivity contribution < 1.29 is 23.6 Å². The Morgan fingerprint density at radius 2 is 1.70 bits per heavy atom. The molecule has 1 aliphatic rings. The number of rotatable bonds is 2. The normalized spacial score (nSPS) is 20.2. The lowest BCUT2D eigenvalue weighted by molar-refractivity contribution is 0.00578. The molecule has 20 heavy (non-hydrogen) atoms. The number of halogens is 1. The number of carboxylic acid groups (broad SMARTS) is 1. The second-order valence-corrected chi connectivity index (χ2v) is 6.09. The molecule has 0 radical (unpaired) electrons. The van der Waals surface area contributed by atoms with Crippen molar-refractivity contribution >= 4 is 18.6 Å². The van der Waals surface area contributed by atoms with Gasteiger partial charge in [0, 0.05) is 5.46 Å². The van der Waals surface area contributed by atoms with Gasteiger partial charge in [-0.2, -0.15) is 0 Å². The van der Waals surface area contributed by atoms with Crippen LogP contribution in [-0.2, 0) is 9.31 Å². The molecular weight excluding hydrogens is 262 g/mol. The summed E-state index contributed by atoms with van der Waals surface area (Å²) < 4.78 is 25.8. The fourth-order valence-electron chi connectivity index (χ4n) is 2.06. The second kappa shape index (κ2) is 4.57. The molecule has 0 bridgehead atoms. The third-order valence-electron chi connectivity index (χ3n) is 4.04. The summed E-state index contributed by atoms with van der Waals surface area (Å²) in [6, 6.07) is 2.57. The van der Waals surface area contributed by atoms with Crippen molar-refractivity contribution in [1.82, 2.24) is 0 Å². The van der Waals surface area contributed by atoms with E-state index in [-0.39, 0.29) is 16.6 Å². The van der Waals surface area contributed by atoms with Crippen LogP contribution >= 0.6 is 0 Å². The van der Waals surface area contributed by atoms with Crippen LogP contribution in [-0.4, -0.2) is 29.4 Å². The number of hydrogen-bond acceptors (Lipinski definition) is 3. The Labute approximate surface area is 118 Å². The quantitative estimate of drug-likeness (QED) is 0.843. The summed E-state index contributed by atoms with van der Waals surface area (Å²) in [5.41, 5.74) is -0.793. The van der Waals surface area contributed by atoms with Gasteiger partial charge in [0.1, 0.15) is 5.82 Å². The summed E-state index contributed by atoms with van der Waals surface area (Å²) >= 11 is 0. The molecule has 2 rings (SSSR count). The Bertz CT molecular complexity index is 553. The third kappa shape index (κ3) is 2.34. The van der Waals surface area contributed by atoms with Gasteiger partial charge in [-0.15, -0.1) is 0 Å². The van der Waals surface area contributed by atoms with Crippen LogP contribution in [0.1, 0.15) is 43.6 Å². The van der Waals surface area contributed by atoms with E-state index in [1.807, 2.05) is 27.7 Å². The smallest absolute Gasteiger partial charge is 0.478 e. The number of aryl methyl sites for hydroxylation is 1. The van der Waals surface area contributed by atoms with Crippen LogP contribution in [0.3, 0.4) is 0 Å². The first kappa shape index (κ1) is 15.0. The molecule has 1 saturated heterocycles. The first-order chi connectivity index (χ1) is 9.05. The summed E-state index contributed by atoms with van der Waals surface area (Å²) in [6.07, 6.45) is 0. The zero-order valence-corrected chi connectivity index (χ0v) is 12.3. The first-order valence-electron chi connectivity index (χ1n) is 6.44. The number of benzene rings is 1. The molecule has 1 fully saturated rings. The minimum absolute atomic E-state index is 0.0219. The summed E-state index contributed by atoms with van der Waals surface area (Å²) in [7, 11) is -0.905. The Balaban J connectivity index is 2.47. The van der Waals surface area contributed by atoms with Gasteiger partial charge in [0.25, 0.3) is 0 Å². The molecule has 0 aliphatic carbocycles. The first-order valence-corrected chi connectivity index (χ1v) is 6.44. The van der Waals surface area contributed by atoms with Gasteiger partial charge in [-0.3, -0.25) is 0 Å². The molecule has 1 aromatic rings. The highest BCUT2D eigenvalue weighted by Gasteiger charge is 2.52. The van der Waals surface area contributed by atoms with Gasteiger partial charge in [-0.25, -0.2) is 9.18 Å². The number of carbonyl (C=O) groups is 1. The molecule has 4 nitrogen and oxygen atoms in total. The maximum absolute atomic E-state index is 14.2. The number of carboxylic acids is 1. The molecule has 108 valence electrons. The minimum atomic E-state index is -1.11. The maximum atomic E-state index is 14.2. The lowest BCUT2D eigenvalue weighted by Gasteiger charge is -2.32. The van der Waals surface area contributed by atoms with Gasteiger partial charge in [0.05, 0.1) is 16.8 Å². The molecule has 0 saturated carbocycles. The summed E-state index contributed by atoms with van der Waals surface area (Å²) in [5.74, 6) is -1.60. The molecule has 0 unspecified atom stereocenters. The van der Waals surface area contributed by atoms with E-state index in [9.17, 15) is 9.18 Å². The van der Waals surface area contributed by atoms with E-state index in [0.29, 0.717) is 0 Å². The zero-order valence-electron chi connectivity index (χ0n) is 12.3. The van der Waals surface area contributed by atoms with Crippen molar-refractivity contribution in [3.05, 3.63) is 29.1 Å². The van der Waals surface area contributed by atoms with Crippen LogP contribution in [0.4, 0.5) is 4.39 Å². The fraction of sp³-hybridized carbons (Fsp3) is 0.500. The molecular formula is C14H18BFO4. The lowest BCUT2D eigenvalue weighted by atomic mass is 9.77. The molecule has 0 aromatic heterocycles. The van der Waals surface area contributed by atoms with E-state index in [1.54, 1.807) is 0 Å². The Hall–Kier alpha value is -1.40. The third-order valence-corrected chi connectivity index (χ3v) is 4.04. The van der Waals surface area contributed by atoms with Crippen molar-refractivity contribution in [2.45, 2.75) is 45.8 Å². The van der Waals surface area contributed by atoms with Crippen LogP contribution in [0.5, 0.6) is 0 Å². The fourth-order valence-corrected chi connectivity index (χ4v) is 2.06. The predicted octanol–water partition coefficient (Wildman–Crippen LogP) is 2.13. The predicted molar refractivity (Wildman–Crippen MR) is 73.8 cm³/mol. The number of aromatic carboxylic acids is 1. The second-order valence-electron chi connectivity index (χ2n) is 6.09. The summed E-state index contributed by atoms with van der Waals surface area (Å²) in [6.45, 7) is 8.96. The SMILES string of the molecule is Cc1cc(C(=O)O)cc(B2OC(C)(C)C(C)(C)O2)c1F. The standard InChI is InChI=1S/C14H18BFO4/c1-8-6-9(12(17)18)7-10(11(8)16)15-19-13(2,3)14(4,5)20-15/h6-7H,1-5H3,(H,17,18). The van der Waals surface area contributed by atoms with E-state index in [1.165, 1.54) is 19.1 Å². The largest absolute Gasteiger partial charge is 0.497 e. The van der Waals surface area contributed by atoms with Crippen molar-refractivity contribution in [2.24, 2.45) is 0 Å². The van der Waals surface area contributed by atoms with Crippen molar-refractivity contribution in [3.63, 3.8) is 0 Å². The van der Waals surface area contributed by atoms with Crippen LogP contribution in [0.15, 0.2) is 12.1 Å².